The Labute approximate surface area is 183 Å². The molecule has 2 heterocycles. The zero-order chi connectivity index (χ0) is 21.5. The van der Waals surface area contributed by atoms with Crippen LogP contribution in [0.4, 0.5) is 10.1 Å². The molecule has 0 bridgehead atoms. The zero-order valence-corrected chi connectivity index (χ0v) is 18.3. The van der Waals surface area contributed by atoms with Gasteiger partial charge in [0.15, 0.2) is 15.0 Å². The van der Waals surface area contributed by atoms with Crippen molar-refractivity contribution >= 4 is 50.0 Å². The lowest BCUT2D eigenvalue weighted by molar-refractivity contribution is -0.117. The van der Waals surface area contributed by atoms with Crippen LogP contribution in [0.2, 0.25) is 5.02 Å². The molecule has 2 aliphatic rings. The van der Waals surface area contributed by atoms with Crippen LogP contribution in [0, 0.1) is 5.82 Å². The second-order valence-corrected chi connectivity index (χ2v) is 10.9. The highest BCUT2D eigenvalue weighted by molar-refractivity contribution is 8.16. The predicted octanol–water partition coefficient (Wildman–Crippen LogP) is 3.33. The topological polar surface area (TPSA) is 76.0 Å². The minimum Gasteiger partial charge on any atom is -0.495 e. The number of hydrogen-bond donors (Lipinski definition) is 0. The van der Waals surface area contributed by atoms with Crippen molar-refractivity contribution in [1.82, 2.24) is 0 Å². The lowest BCUT2D eigenvalue weighted by Crippen LogP contribution is -2.38. The number of aliphatic imine (C=N–C) groups is 1. The summed E-state index contributed by atoms with van der Waals surface area (Å²) in [6.45, 7) is 0. The minimum absolute atomic E-state index is 0.0124. The van der Waals surface area contributed by atoms with Crippen LogP contribution in [0.15, 0.2) is 47.5 Å². The van der Waals surface area contributed by atoms with Crippen LogP contribution in [0.5, 0.6) is 5.75 Å². The average Bonchev–Trinajstić information content (AvgIpc) is 3.14. The van der Waals surface area contributed by atoms with Gasteiger partial charge in [0.2, 0.25) is 0 Å². The molecule has 2 aromatic carbocycles. The number of anilines is 1. The highest BCUT2D eigenvalue weighted by Gasteiger charge is 2.50. The summed E-state index contributed by atoms with van der Waals surface area (Å²) in [7, 11) is -1.68. The van der Waals surface area contributed by atoms with Gasteiger partial charge in [-0.05, 0) is 35.9 Å². The molecule has 158 valence electrons. The molecule has 2 saturated heterocycles. The largest absolute Gasteiger partial charge is 0.495 e. The summed E-state index contributed by atoms with van der Waals surface area (Å²) in [6, 6.07) is 10.3. The molecule has 10 heteroatoms. The number of thioether (sulfide) groups is 1. The second kappa shape index (κ2) is 8.20. The first-order chi connectivity index (χ1) is 14.3. The summed E-state index contributed by atoms with van der Waals surface area (Å²) in [4.78, 5) is 18.6. The first-order valence-corrected chi connectivity index (χ1v) is 12.2. The molecule has 2 atom stereocenters. The van der Waals surface area contributed by atoms with E-state index in [1.807, 2.05) is 0 Å². The van der Waals surface area contributed by atoms with Gasteiger partial charge in [0, 0.05) is 10.3 Å². The number of sulfone groups is 1. The van der Waals surface area contributed by atoms with E-state index in [2.05, 4.69) is 4.99 Å². The Morgan fingerprint density at radius 3 is 2.70 bits per heavy atom. The lowest BCUT2D eigenvalue weighted by Gasteiger charge is -2.26. The third-order valence-corrected chi connectivity index (χ3v) is 8.40. The van der Waals surface area contributed by atoms with E-state index in [4.69, 9.17) is 16.3 Å². The maximum absolute atomic E-state index is 13.1. The van der Waals surface area contributed by atoms with E-state index in [9.17, 15) is 17.6 Å². The number of rotatable bonds is 4. The Morgan fingerprint density at radius 2 is 2.00 bits per heavy atom. The van der Waals surface area contributed by atoms with E-state index >= 15 is 0 Å². The molecular formula is C20H18ClFN2O4S2. The normalized spacial score (nSPS) is 23.6. The number of methoxy groups -OCH3 is 1. The molecule has 30 heavy (non-hydrogen) atoms. The minimum atomic E-state index is -3.19. The number of amides is 1. The number of ether oxygens (including phenoxy) is 1. The molecule has 0 aliphatic carbocycles. The van der Waals surface area contributed by atoms with E-state index in [1.54, 1.807) is 23.1 Å². The SMILES string of the molecule is COc1ccc(Cl)cc1N1C(=NC(=O)Cc2ccc(F)cc2)SC2CS(=O)(=O)CC21. The van der Waals surface area contributed by atoms with Crippen molar-refractivity contribution in [3.8, 4) is 5.75 Å². The van der Waals surface area contributed by atoms with Crippen LogP contribution < -0.4 is 9.64 Å². The Bertz CT molecular complexity index is 1120. The van der Waals surface area contributed by atoms with Crippen molar-refractivity contribution in [1.29, 1.82) is 0 Å². The van der Waals surface area contributed by atoms with Gasteiger partial charge in [-0.3, -0.25) is 4.79 Å². The number of halogens is 2. The fraction of sp³-hybridized carbons (Fsp3) is 0.300. The maximum atomic E-state index is 13.1. The summed E-state index contributed by atoms with van der Waals surface area (Å²) in [5.74, 6) is -0.294. The Kier molecular flexibility index (Phi) is 5.78. The number of fused-ring (bicyclic) bond motifs is 1. The predicted molar refractivity (Wildman–Crippen MR) is 117 cm³/mol. The molecule has 2 fully saturated rings. The summed E-state index contributed by atoms with van der Waals surface area (Å²) in [5, 5.41) is 0.626. The summed E-state index contributed by atoms with van der Waals surface area (Å²) in [5.41, 5.74) is 1.21. The molecule has 2 unspecified atom stereocenters. The highest BCUT2D eigenvalue weighted by atomic mass is 35.5. The lowest BCUT2D eigenvalue weighted by atomic mass is 10.1. The Hall–Kier alpha value is -2.10. The molecule has 0 radical (unpaired) electrons. The van der Waals surface area contributed by atoms with Gasteiger partial charge in [-0.1, -0.05) is 35.5 Å². The number of carbonyl (C=O) groups is 1. The Morgan fingerprint density at radius 1 is 1.27 bits per heavy atom. The monoisotopic (exact) mass is 468 g/mol. The van der Waals surface area contributed by atoms with Crippen LogP contribution in [0.25, 0.3) is 0 Å². The Balaban J connectivity index is 1.69. The quantitative estimate of drug-likeness (QED) is 0.685. The van der Waals surface area contributed by atoms with Crippen molar-refractivity contribution < 1.29 is 22.3 Å². The number of hydrogen-bond acceptors (Lipinski definition) is 5. The maximum Gasteiger partial charge on any atom is 0.252 e. The van der Waals surface area contributed by atoms with E-state index in [1.165, 1.54) is 43.1 Å². The third kappa shape index (κ3) is 4.33. The molecule has 0 saturated carbocycles. The van der Waals surface area contributed by atoms with Crippen LogP contribution in [0.3, 0.4) is 0 Å². The third-order valence-electron chi connectivity index (χ3n) is 4.96. The molecule has 0 N–H and O–H groups in total. The van der Waals surface area contributed by atoms with Crippen LogP contribution in [-0.4, -0.2) is 49.4 Å². The first kappa shape index (κ1) is 21.1. The number of nitrogens with zero attached hydrogens (tertiary/aromatic N) is 2. The molecule has 2 aliphatic heterocycles. The van der Waals surface area contributed by atoms with Crippen LogP contribution in [0.1, 0.15) is 5.56 Å². The molecule has 1 amide bonds. The average molecular weight is 469 g/mol. The van der Waals surface area contributed by atoms with Gasteiger partial charge < -0.3 is 9.64 Å². The fourth-order valence-corrected chi connectivity index (χ4v) is 7.71. The van der Waals surface area contributed by atoms with E-state index in [-0.39, 0.29) is 35.0 Å². The molecule has 0 aromatic heterocycles. The molecule has 6 nitrogen and oxygen atoms in total. The van der Waals surface area contributed by atoms with Crippen LogP contribution >= 0.6 is 23.4 Å². The van der Waals surface area contributed by atoms with E-state index < -0.39 is 15.7 Å². The number of benzene rings is 2. The van der Waals surface area contributed by atoms with Gasteiger partial charge in [-0.25, -0.2) is 12.8 Å². The summed E-state index contributed by atoms with van der Waals surface area (Å²) >= 11 is 7.45. The first-order valence-electron chi connectivity index (χ1n) is 9.11. The molecule has 4 rings (SSSR count). The van der Waals surface area contributed by atoms with Gasteiger partial charge in [-0.2, -0.15) is 4.99 Å². The van der Waals surface area contributed by atoms with Crippen molar-refractivity contribution in [2.75, 3.05) is 23.5 Å². The standard InChI is InChI=1S/C20H18ClFN2O4S2/c1-28-17-7-4-13(21)9-15(17)24-16-10-30(26,27)11-18(16)29-20(24)23-19(25)8-12-2-5-14(22)6-3-12/h2-7,9,16,18H,8,10-11H2,1H3. The van der Waals surface area contributed by atoms with Gasteiger partial charge in [-0.15, -0.1) is 0 Å². The number of amidine groups is 1. The molecule has 2 aromatic rings. The van der Waals surface area contributed by atoms with E-state index in [0.717, 1.165) is 0 Å². The number of carbonyl (C=O) groups excluding carboxylic acids is 1. The summed E-state index contributed by atoms with van der Waals surface area (Å²) < 4.78 is 42.9. The molecule has 0 spiro atoms. The van der Waals surface area contributed by atoms with Crippen LogP contribution in [-0.2, 0) is 21.1 Å². The van der Waals surface area contributed by atoms with E-state index in [0.29, 0.717) is 27.2 Å². The fourth-order valence-electron chi connectivity index (χ4n) is 3.62. The van der Waals surface area contributed by atoms with Gasteiger partial charge in [0.05, 0.1) is 36.8 Å². The van der Waals surface area contributed by atoms with Gasteiger partial charge in [0.25, 0.3) is 5.91 Å². The van der Waals surface area contributed by atoms with Gasteiger partial charge in [0.1, 0.15) is 11.6 Å². The highest BCUT2D eigenvalue weighted by Crippen LogP contribution is 2.44. The van der Waals surface area contributed by atoms with Gasteiger partial charge >= 0.3 is 0 Å². The summed E-state index contributed by atoms with van der Waals surface area (Å²) in [6.07, 6.45) is 0.0124. The van der Waals surface area contributed by atoms with Crippen molar-refractivity contribution in [3.63, 3.8) is 0 Å². The van der Waals surface area contributed by atoms with Crippen molar-refractivity contribution in [3.05, 3.63) is 58.9 Å². The smallest absolute Gasteiger partial charge is 0.252 e. The van der Waals surface area contributed by atoms with Crippen molar-refractivity contribution in [2.24, 2.45) is 4.99 Å². The molecular weight excluding hydrogens is 451 g/mol. The second-order valence-electron chi connectivity index (χ2n) is 7.08. The zero-order valence-electron chi connectivity index (χ0n) is 15.9. The van der Waals surface area contributed by atoms with Crippen molar-refractivity contribution in [2.45, 2.75) is 17.7 Å².